The molecule has 0 radical (unpaired) electrons. The third-order valence-corrected chi connectivity index (χ3v) is 5.66. The number of non-ortho nitro benzene ring substituents is 1. The maximum absolute atomic E-state index is 12.7. The molecule has 0 fully saturated rings. The van der Waals surface area contributed by atoms with Crippen molar-refractivity contribution in [1.82, 2.24) is 10.9 Å². The predicted molar refractivity (Wildman–Crippen MR) is 134 cm³/mol. The quantitative estimate of drug-likeness (QED) is 0.294. The Morgan fingerprint density at radius 3 is 2.53 bits per heavy atom. The first-order valence-electron chi connectivity index (χ1n) is 11.4. The molecule has 0 saturated heterocycles. The summed E-state index contributed by atoms with van der Waals surface area (Å²) in [6, 6.07) is 11.9. The van der Waals surface area contributed by atoms with Crippen molar-refractivity contribution in [2.45, 2.75) is 26.2 Å². The third-order valence-electron chi connectivity index (χ3n) is 5.66. The summed E-state index contributed by atoms with van der Waals surface area (Å²) in [5.74, 6) is -0.259. The van der Waals surface area contributed by atoms with E-state index < -0.39 is 33.0 Å². The lowest BCUT2D eigenvalue weighted by atomic mass is 9.93. The molecule has 38 heavy (non-hydrogen) atoms. The lowest BCUT2D eigenvalue weighted by molar-refractivity contribution is -0.393. The van der Waals surface area contributed by atoms with Crippen molar-refractivity contribution in [3.8, 4) is 5.75 Å². The number of hydrogen-bond donors (Lipinski definition) is 3. The van der Waals surface area contributed by atoms with Crippen LogP contribution in [-0.4, -0.2) is 34.0 Å². The molecule has 3 N–H and O–H groups in total. The van der Waals surface area contributed by atoms with E-state index in [1.165, 1.54) is 6.07 Å². The minimum absolute atomic E-state index is 0.0183. The zero-order valence-electron chi connectivity index (χ0n) is 20.1. The first-order valence-corrected chi connectivity index (χ1v) is 11.4. The largest absolute Gasteiger partial charge is 0.484 e. The molecule has 1 heterocycles. The van der Waals surface area contributed by atoms with Gasteiger partial charge in [-0.2, -0.15) is 5.10 Å². The Kier molecular flexibility index (Phi) is 7.61. The molecule has 0 aliphatic heterocycles. The zero-order valence-corrected chi connectivity index (χ0v) is 20.1. The number of rotatable bonds is 8. The topological polar surface area (TPSA) is 191 Å². The molecular weight excluding hydrogens is 500 g/mol. The predicted octanol–water partition coefficient (Wildman–Crippen LogP) is 3.40. The normalized spacial score (nSPS) is 13.3. The first-order chi connectivity index (χ1) is 18.2. The minimum Gasteiger partial charge on any atom is -0.484 e. The van der Waals surface area contributed by atoms with Crippen LogP contribution in [0.15, 0.2) is 58.0 Å². The van der Waals surface area contributed by atoms with Gasteiger partial charge < -0.3 is 9.15 Å². The summed E-state index contributed by atoms with van der Waals surface area (Å²) in [5, 5.41) is 26.6. The minimum atomic E-state index is -0.744. The fraction of sp³-hybridized carbons (Fsp3) is 0.208. The maximum Gasteiger partial charge on any atom is 0.305 e. The van der Waals surface area contributed by atoms with E-state index in [0.717, 1.165) is 12.1 Å². The van der Waals surface area contributed by atoms with Crippen LogP contribution in [0.3, 0.4) is 0 Å². The molecule has 0 unspecified atom stereocenters. The van der Waals surface area contributed by atoms with Gasteiger partial charge in [0.25, 0.3) is 11.6 Å². The van der Waals surface area contributed by atoms with Crippen molar-refractivity contribution in [3.63, 3.8) is 0 Å². The number of anilines is 1. The summed E-state index contributed by atoms with van der Waals surface area (Å²) >= 11 is 0. The number of carbonyl (C=O) groups excluding carboxylic acids is 2. The van der Waals surface area contributed by atoms with Crippen molar-refractivity contribution in [1.29, 1.82) is 0 Å². The number of fused-ring (bicyclic) bond motifs is 1. The van der Waals surface area contributed by atoms with Crippen molar-refractivity contribution in [2.24, 2.45) is 5.10 Å². The Hall–Kier alpha value is -5.27. The SMILES string of the molecule is Cc1c(C(=O)NNC(=O)COc2ccccc2)oc2c1/C(=N/Nc1ccc([N+](=O)[O-])cc1[N+](=O)[O-])CCC2. The van der Waals surface area contributed by atoms with Crippen molar-refractivity contribution in [2.75, 3.05) is 12.0 Å². The molecule has 196 valence electrons. The number of para-hydroxylation sites is 1. The molecule has 1 aromatic heterocycles. The van der Waals surface area contributed by atoms with Gasteiger partial charge in [0.05, 0.1) is 21.6 Å². The molecule has 0 saturated carbocycles. The van der Waals surface area contributed by atoms with Crippen LogP contribution in [0.25, 0.3) is 0 Å². The van der Waals surface area contributed by atoms with E-state index in [9.17, 15) is 29.8 Å². The number of amides is 2. The average molecular weight is 522 g/mol. The van der Waals surface area contributed by atoms with Gasteiger partial charge >= 0.3 is 11.6 Å². The Morgan fingerprint density at radius 2 is 1.82 bits per heavy atom. The number of ether oxygens (including phenoxy) is 1. The summed E-state index contributed by atoms with van der Waals surface area (Å²) in [7, 11) is 0. The van der Waals surface area contributed by atoms with Gasteiger partial charge in [0.1, 0.15) is 17.2 Å². The second kappa shape index (κ2) is 11.2. The standard InChI is InChI=1S/C24H22N6O8/c1-14-22-18(26-25-17-11-10-15(29(33)34)12-19(17)30(35)36)8-5-9-20(22)38-23(14)24(32)28-27-21(31)13-37-16-6-3-2-4-7-16/h2-4,6-7,10-12,25H,5,8-9,13H2,1H3,(H,27,31)(H,28,32)/b26-18+. The highest BCUT2D eigenvalue weighted by atomic mass is 16.6. The summed E-state index contributed by atoms with van der Waals surface area (Å²) in [5.41, 5.74) is 7.78. The van der Waals surface area contributed by atoms with Gasteiger partial charge in [-0.15, -0.1) is 0 Å². The number of aryl methyl sites for hydroxylation is 1. The van der Waals surface area contributed by atoms with Gasteiger partial charge in [-0.1, -0.05) is 18.2 Å². The summed E-state index contributed by atoms with van der Waals surface area (Å²) in [6.07, 6.45) is 1.69. The Balaban J connectivity index is 1.46. The lowest BCUT2D eigenvalue weighted by Crippen LogP contribution is -2.43. The van der Waals surface area contributed by atoms with E-state index in [-0.39, 0.29) is 18.1 Å². The Labute approximate surface area is 214 Å². The number of nitrogens with one attached hydrogen (secondary N) is 3. The first kappa shape index (κ1) is 25.8. The maximum atomic E-state index is 12.7. The number of carbonyl (C=O) groups is 2. The van der Waals surface area contributed by atoms with Crippen LogP contribution in [0.1, 0.15) is 40.3 Å². The number of benzene rings is 2. The molecule has 1 aliphatic carbocycles. The van der Waals surface area contributed by atoms with E-state index in [2.05, 4.69) is 21.4 Å². The van der Waals surface area contributed by atoms with Crippen molar-refractivity contribution in [3.05, 3.63) is 91.4 Å². The van der Waals surface area contributed by atoms with Gasteiger partial charge in [-0.05, 0) is 38.0 Å². The fourth-order valence-electron chi connectivity index (χ4n) is 3.89. The van der Waals surface area contributed by atoms with Gasteiger partial charge in [-0.25, -0.2) is 0 Å². The van der Waals surface area contributed by atoms with Crippen LogP contribution in [0.4, 0.5) is 17.1 Å². The summed E-state index contributed by atoms with van der Waals surface area (Å²) in [6.45, 7) is 1.35. The van der Waals surface area contributed by atoms with Gasteiger partial charge in [0.15, 0.2) is 12.4 Å². The number of hydrogen-bond acceptors (Lipinski definition) is 10. The van der Waals surface area contributed by atoms with Crippen LogP contribution < -0.4 is 21.0 Å². The molecule has 0 atom stereocenters. The van der Waals surface area contributed by atoms with Crippen LogP contribution in [0, 0.1) is 27.2 Å². The molecule has 0 bridgehead atoms. The number of hydrazine groups is 1. The molecule has 4 rings (SSSR count). The lowest BCUT2D eigenvalue weighted by Gasteiger charge is -2.13. The smallest absolute Gasteiger partial charge is 0.305 e. The molecular formula is C24H22N6O8. The fourth-order valence-corrected chi connectivity index (χ4v) is 3.89. The van der Waals surface area contributed by atoms with E-state index in [1.807, 2.05) is 6.07 Å². The van der Waals surface area contributed by atoms with Crippen LogP contribution in [0.2, 0.25) is 0 Å². The van der Waals surface area contributed by atoms with E-state index in [4.69, 9.17) is 9.15 Å². The average Bonchev–Trinajstić information content (AvgIpc) is 3.26. The number of nitro groups is 2. The molecule has 1 aliphatic rings. The number of furan rings is 1. The Morgan fingerprint density at radius 1 is 1.05 bits per heavy atom. The molecule has 2 amide bonds. The molecule has 14 heteroatoms. The van der Waals surface area contributed by atoms with Crippen molar-refractivity contribution >= 4 is 34.6 Å². The summed E-state index contributed by atoms with van der Waals surface area (Å²) in [4.78, 5) is 45.6. The summed E-state index contributed by atoms with van der Waals surface area (Å²) < 4.78 is 11.1. The molecule has 14 nitrogen and oxygen atoms in total. The molecule has 0 spiro atoms. The van der Waals surface area contributed by atoms with Gasteiger partial charge in [-0.3, -0.25) is 46.1 Å². The highest BCUT2D eigenvalue weighted by Crippen LogP contribution is 2.32. The van der Waals surface area contributed by atoms with Crippen molar-refractivity contribution < 1.29 is 28.6 Å². The Bertz CT molecular complexity index is 1430. The third kappa shape index (κ3) is 5.75. The highest BCUT2D eigenvalue weighted by molar-refractivity contribution is 6.06. The number of hydrazone groups is 1. The highest BCUT2D eigenvalue weighted by Gasteiger charge is 2.28. The monoisotopic (exact) mass is 522 g/mol. The van der Waals surface area contributed by atoms with Gasteiger partial charge in [0.2, 0.25) is 0 Å². The number of nitrogens with zero attached hydrogens (tertiary/aromatic N) is 3. The molecule has 2 aromatic carbocycles. The van der Waals surface area contributed by atoms with Crippen LogP contribution in [-0.2, 0) is 11.2 Å². The van der Waals surface area contributed by atoms with Gasteiger partial charge in [0, 0.05) is 23.6 Å². The number of nitro benzene ring substituents is 2. The van der Waals surface area contributed by atoms with E-state index >= 15 is 0 Å². The van der Waals surface area contributed by atoms with E-state index in [1.54, 1.807) is 31.2 Å². The second-order valence-corrected chi connectivity index (χ2v) is 8.20. The second-order valence-electron chi connectivity index (χ2n) is 8.20. The zero-order chi connectivity index (χ0) is 27.2. The van der Waals surface area contributed by atoms with Crippen LogP contribution >= 0.6 is 0 Å². The molecule has 3 aromatic rings. The van der Waals surface area contributed by atoms with E-state index in [0.29, 0.717) is 47.6 Å². The van der Waals surface area contributed by atoms with Crippen LogP contribution in [0.5, 0.6) is 5.75 Å².